The van der Waals surface area contributed by atoms with Gasteiger partial charge in [0.05, 0.1) is 19.4 Å². The topological polar surface area (TPSA) is 82.0 Å². The number of Topliss-reactive ketones (excluding diaryl/α,β-unsaturated/α-hetero) is 1. The lowest BCUT2D eigenvalue weighted by Crippen LogP contribution is -2.37. The number of hydrogen-bond donors (Lipinski definition) is 1. The maximum atomic E-state index is 12.8. The second-order valence-electron chi connectivity index (χ2n) is 8.20. The van der Waals surface area contributed by atoms with Crippen molar-refractivity contribution in [2.24, 2.45) is 0 Å². The van der Waals surface area contributed by atoms with E-state index in [4.69, 9.17) is 10.00 Å². The summed E-state index contributed by atoms with van der Waals surface area (Å²) in [5.41, 5.74) is 5.95. The van der Waals surface area contributed by atoms with Crippen LogP contribution in [0.25, 0.3) is 11.1 Å². The van der Waals surface area contributed by atoms with Gasteiger partial charge in [0.25, 0.3) is 0 Å². The predicted molar refractivity (Wildman–Crippen MR) is 121 cm³/mol. The normalized spacial score (nSPS) is 17.1. The molecule has 1 saturated heterocycles. The van der Waals surface area contributed by atoms with Crippen molar-refractivity contribution in [1.29, 1.82) is 5.26 Å². The maximum absolute atomic E-state index is 12.8. The molecule has 2 heterocycles. The number of nitriles is 1. The highest BCUT2D eigenvalue weighted by atomic mass is 16.5. The lowest BCUT2D eigenvalue weighted by Gasteiger charge is -2.27. The summed E-state index contributed by atoms with van der Waals surface area (Å²) in [7, 11) is 0. The van der Waals surface area contributed by atoms with Gasteiger partial charge in [-0.05, 0) is 59.6 Å². The first-order chi connectivity index (χ1) is 15.1. The number of carbonyl (C=O) groups is 1. The van der Waals surface area contributed by atoms with Gasteiger partial charge < -0.3 is 9.72 Å². The van der Waals surface area contributed by atoms with Crippen molar-refractivity contribution in [1.82, 2.24) is 14.9 Å². The molecule has 0 bridgehead atoms. The van der Waals surface area contributed by atoms with Gasteiger partial charge in [-0.3, -0.25) is 9.69 Å². The van der Waals surface area contributed by atoms with Crippen LogP contribution in [-0.2, 0) is 11.2 Å². The quantitative estimate of drug-likeness (QED) is 0.690. The highest BCUT2D eigenvalue weighted by Crippen LogP contribution is 2.32. The molecule has 1 N–H and O–H groups in total. The maximum Gasteiger partial charge on any atom is 0.202 e. The number of carbonyl (C=O) groups excluding carboxylic acids is 1. The summed E-state index contributed by atoms with van der Waals surface area (Å²) in [6, 6.07) is 8.30. The van der Waals surface area contributed by atoms with Crippen LogP contribution in [0.15, 0.2) is 37.1 Å². The average molecular weight is 417 g/mol. The molecular formula is C25H28N4O2. The molecule has 0 saturated carbocycles. The molecule has 6 heteroatoms. The Kier molecular flexibility index (Phi) is 6.76. The second-order valence-corrected chi connectivity index (χ2v) is 8.20. The molecule has 1 aromatic heterocycles. The number of imidazole rings is 1. The highest BCUT2D eigenvalue weighted by Gasteiger charge is 2.18. The van der Waals surface area contributed by atoms with Gasteiger partial charge in [0, 0.05) is 26.1 Å². The lowest BCUT2D eigenvalue weighted by atomic mass is 9.87. The lowest BCUT2D eigenvalue weighted by molar-refractivity contribution is 0.0444. The van der Waals surface area contributed by atoms with Gasteiger partial charge in [0.1, 0.15) is 11.8 Å². The molecule has 31 heavy (non-hydrogen) atoms. The van der Waals surface area contributed by atoms with E-state index in [1.165, 1.54) is 24.6 Å². The minimum absolute atomic E-state index is 0.112. The minimum atomic E-state index is -0.112. The molecular weight excluding hydrogens is 388 g/mol. The SMILES string of the molecule is C=C(CN1CCOCC1)c1ccc(CC(=O)c2ncc(C#N)[nH]2)c(C2=CCCCC2)c1. The minimum Gasteiger partial charge on any atom is -0.379 e. The molecule has 0 spiro atoms. The number of allylic oxidation sites excluding steroid dienone is 2. The van der Waals surface area contributed by atoms with Crippen LogP contribution in [0.4, 0.5) is 0 Å². The second kappa shape index (κ2) is 9.86. The first kappa shape index (κ1) is 21.2. The van der Waals surface area contributed by atoms with Gasteiger partial charge in [-0.15, -0.1) is 0 Å². The number of ketones is 1. The third-order valence-corrected chi connectivity index (χ3v) is 5.98. The number of aromatic amines is 1. The van der Waals surface area contributed by atoms with Crippen LogP contribution in [-0.4, -0.2) is 53.5 Å². The van der Waals surface area contributed by atoms with Gasteiger partial charge in [-0.25, -0.2) is 4.98 Å². The molecule has 6 nitrogen and oxygen atoms in total. The predicted octanol–water partition coefficient (Wildman–Crippen LogP) is 4.01. The van der Waals surface area contributed by atoms with E-state index >= 15 is 0 Å². The van der Waals surface area contributed by atoms with Crippen LogP contribution in [0, 0.1) is 11.3 Å². The molecule has 1 aliphatic heterocycles. The number of nitrogens with one attached hydrogen (secondary N) is 1. The molecule has 0 amide bonds. The summed E-state index contributed by atoms with van der Waals surface area (Å²) in [5.74, 6) is 0.125. The van der Waals surface area contributed by atoms with Crippen molar-refractivity contribution in [3.8, 4) is 6.07 Å². The smallest absolute Gasteiger partial charge is 0.202 e. The molecule has 4 rings (SSSR count). The van der Waals surface area contributed by atoms with E-state index in [1.54, 1.807) is 0 Å². The molecule has 160 valence electrons. The molecule has 1 aliphatic carbocycles. The number of aromatic nitrogens is 2. The largest absolute Gasteiger partial charge is 0.379 e. The van der Waals surface area contributed by atoms with E-state index in [-0.39, 0.29) is 18.0 Å². The van der Waals surface area contributed by atoms with Crippen molar-refractivity contribution in [3.63, 3.8) is 0 Å². The zero-order chi connectivity index (χ0) is 21.6. The summed E-state index contributed by atoms with van der Waals surface area (Å²) < 4.78 is 5.45. The Morgan fingerprint density at radius 1 is 1.29 bits per heavy atom. The number of morpholine rings is 1. The van der Waals surface area contributed by atoms with Gasteiger partial charge in [0.15, 0.2) is 5.82 Å². The highest BCUT2D eigenvalue weighted by molar-refractivity contribution is 5.95. The summed E-state index contributed by atoms with van der Waals surface area (Å²) in [4.78, 5) is 22.0. The zero-order valence-electron chi connectivity index (χ0n) is 17.8. The Morgan fingerprint density at radius 3 is 2.84 bits per heavy atom. The third-order valence-electron chi connectivity index (χ3n) is 5.98. The molecule has 2 aromatic rings. The van der Waals surface area contributed by atoms with Crippen molar-refractivity contribution < 1.29 is 9.53 Å². The van der Waals surface area contributed by atoms with Crippen LogP contribution in [0.5, 0.6) is 0 Å². The fourth-order valence-electron chi connectivity index (χ4n) is 4.23. The Hall–Kier alpha value is -3.01. The van der Waals surface area contributed by atoms with Crippen LogP contribution in [0.1, 0.15) is 58.7 Å². The van der Waals surface area contributed by atoms with E-state index in [1.807, 2.05) is 6.07 Å². The van der Waals surface area contributed by atoms with E-state index in [2.05, 4.69) is 45.7 Å². The fourth-order valence-corrected chi connectivity index (χ4v) is 4.23. The fraction of sp³-hybridized carbons (Fsp3) is 0.400. The van der Waals surface area contributed by atoms with E-state index in [9.17, 15) is 4.79 Å². The number of H-pyrrole nitrogens is 1. The summed E-state index contributed by atoms with van der Waals surface area (Å²) in [5, 5.41) is 8.98. The standard InChI is InChI=1S/C25H28N4O2/c1-18(17-29-9-11-31-12-10-29)20-7-8-21(23(13-20)19-5-3-2-4-6-19)14-24(30)25-27-16-22(15-26)28-25/h5,7-8,13,16H,1-4,6,9-12,14,17H2,(H,27,28). The molecule has 2 aliphatic rings. The molecule has 1 aromatic carbocycles. The van der Waals surface area contributed by atoms with Gasteiger partial charge in [-0.1, -0.05) is 24.8 Å². The Morgan fingerprint density at radius 2 is 2.13 bits per heavy atom. The number of hydrogen-bond acceptors (Lipinski definition) is 5. The number of nitrogens with zero attached hydrogens (tertiary/aromatic N) is 3. The summed E-state index contributed by atoms with van der Waals surface area (Å²) >= 11 is 0. The first-order valence-electron chi connectivity index (χ1n) is 10.9. The average Bonchev–Trinajstić information content (AvgIpc) is 3.30. The van der Waals surface area contributed by atoms with Gasteiger partial charge in [0.2, 0.25) is 5.78 Å². The number of benzene rings is 1. The molecule has 0 atom stereocenters. The molecule has 0 unspecified atom stereocenters. The van der Waals surface area contributed by atoms with Crippen LogP contribution >= 0.6 is 0 Å². The van der Waals surface area contributed by atoms with Crippen LogP contribution in [0.3, 0.4) is 0 Å². The van der Waals surface area contributed by atoms with Crippen molar-refractivity contribution in [3.05, 3.63) is 65.3 Å². The number of ether oxygens (including phenoxy) is 1. The van der Waals surface area contributed by atoms with Gasteiger partial charge in [-0.2, -0.15) is 5.26 Å². The first-order valence-corrected chi connectivity index (χ1v) is 10.9. The number of rotatable bonds is 7. The van der Waals surface area contributed by atoms with Gasteiger partial charge >= 0.3 is 0 Å². The van der Waals surface area contributed by atoms with Crippen LogP contribution in [0.2, 0.25) is 0 Å². The zero-order valence-corrected chi connectivity index (χ0v) is 17.8. The van der Waals surface area contributed by atoms with E-state index in [0.29, 0.717) is 5.69 Å². The Balaban J connectivity index is 1.58. The summed E-state index contributed by atoms with van der Waals surface area (Å²) in [6.07, 6.45) is 8.44. The van der Waals surface area contributed by atoms with Crippen molar-refractivity contribution >= 4 is 16.9 Å². The van der Waals surface area contributed by atoms with E-state index < -0.39 is 0 Å². The molecule has 0 radical (unpaired) electrons. The summed E-state index contributed by atoms with van der Waals surface area (Å²) in [6.45, 7) is 8.56. The van der Waals surface area contributed by atoms with Crippen molar-refractivity contribution in [2.45, 2.75) is 32.1 Å². The Labute approximate surface area is 183 Å². The third kappa shape index (κ3) is 5.19. The van der Waals surface area contributed by atoms with Crippen molar-refractivity contribution in [2.75, 3.05) is 32.8 Å². The molecule has 1 fully saturated rings. The monoisotopic (exact) mass is 416 g/mol. The van der Waals surface area contributed by atoms with Crippen LogP contribution < -0.4 is 0 Å². The Bertz CT molecular complexity index is 1040. The van der Waals surface area contributed by atoms with E-state index in [0.717, 1.165) is 68.0 Å².